The quantitative estimate of drug-likeness (QED) is 0.840. The molecule has 0 saturated carbocycles. The first-order chi connectivity index (χ1) is 8.28. The molecular weight excluding hydrogens is 232 g/mol. The number of carboxylic acids is 1. The topological polar surface area (TPSA) is 60.9 Å². The number of aliphatic carboxylic acids is 1. The lowest BCUT2D eigenvalue weighted by molar-refractivity contribution is -0.142. The third-order valence-electron chi connectivity index (χ3n) is 3.61. The Morgan fingerprint density at radius 2 is 2.06 bits per heavy atom. The third kappa shape index (κ3) is 3.37. The molecule has 1 aliphatic rings. The Kier molecular flexibility index (Phi) is 4.59. The van der Waals surface area contributed by atoms with E-state index in [0.717, 1.165) is 19.4 Å². The number of carbonyl (C=O) groups is 2. The van der Waals surface area contributed by atoms with E-state index in [-0.39, 0.29) is 11.4 Å². The summed E-state index contributed by atoms with van der Waals surface area (Å²) in [6.45, 7) is 7.49. The summed E-state index contributed by atoms with van der Waals surface area (Å²) in [5, 5.41) is 9.08. The van der Waals surface area contributed by atoms with Crippen LogP contribution in [0.15, 0.2) is 0 Å². The summed E-state index contributed by atoms with van der Waals surface area (Å²) < 4.78 is 0. The molecule has 2 amide bonds. The lowest BCUT2D eigenvalue weighted by Gasteiger charge is -2.40. The van der Waals surface area contributed by atoms with Gasteiger partial charge in [0, 0.05) is 20.1 Å². The molecule has 1 rings (SSSR count). The molecule has 0 spiro atoms. The van der Waals surface area contributed by atoms with Crippen LogP contribution in [0.5, 0.6) is 0 Å². The Balaban J connectivity index is 2.71. The molecule has 5 nitrogen and oxygen atoms in total. The molecule has 1 aliphatic heterocycles. The molecule has 1 N–H and O–H groups in total. The number of likely N-dealkylation sites (tertiary alicyclic amines) is 1. The van der Waals surface area contributed by atoms with Gasteiger partial charge in [0.25, 0.3) is 0 Å². The van der Waals surface area contributed by atoms with Crippen molar-refractivity contribution in [1.82, 2.24) is 9.80 Å². The molecule has 1 heterocycles. The number of piperidine rings is 1. The molecule has 1 unspecified atom stereocenters. The van der Waals surface area contributed by atoms with Gasteiger partial charge in [-0.15, -0.1) is 0 Å². The van der Waals surface area contributed by atoms with E-state index in [1.54, 1.807) is 18.9 Å². The number of amides is 2. The van der Waals surface area contributed by atoms with E-state index in [4.69, 9.17) is 5.11 Å². The van der Waals surface area contributed by atoms with E-state index in [9.17, 15) is 9.59 Å². The minimum absolute atomic E-state index is 0.125. The van der Waals surface area contributed by atoms with Gasteiger partial charge in [-0.2, -0.15) is 0 Å². The first-order valence-corrected chi connectivity index (χ1v) is 6.53. The number of hydrogen-bond donors (Lipinski definition) is 1. The fraction of sp³-hybridized carbons (Fsp3) is 0.846. The van der Waals surface area contributed by atoms with Gasteiger partial charge in [-0.05, 0) is 24.7 Å². The highest BCUT2D eigenvalue weighted by atomic mass is 16.4. The molecule has 1 atom stereocenters. The molecule has 0 aromatic rings. The van der Waals surface area contributed by atoms with Crippen LogP contribution in [-0.2, 0) is 4.79 Å². The number of hydrogen-bond acceptors (Lipinski definition) is 2. The highest BCUT2D eigenvalue weighted by molar-refractivity contribution is 5.82. The van der Waals surface area contributed by atoms with Crippen molar-refractivity contribution in [2.45, 2.75) is 46.1 Å². The predicted octanol–water partition coefficient (Wildman–Crippen LogP) is 2.02. The second-order valence-electron chi connectivity index (χ2n) is 5.85. The van der Waals surface area contributed by atoms with Gasteiger partial charge in [0.1, 0.15) is 6.04 Å². The zero-order chi connectivity index (χ0) is 13.9. The normalized spacial score (nSPS) is 20.3. The summed E-state index contributed by atoms with van der Waals surface area (Å²) >= 11 is 0. The maximum Gasteiger partial charge on any atom is 0.326 e. The molecule has 0 radical (unpaired) electrons. The number of carbonyl (C=O) groups excluding carboxylic acids is 1. The zero-order valence-electron chi connectivity index (χ0n) is 11.8. The largest absolute Gasteiger partial charge is 0.480 e. The van der Waals surface area contributed by atoms with Crippen molar-refractivity contribution in [3.63, 3.8) is 0 Å². The minimum atomic E-state index is -0.940. The third-order valence-corrected chi connectivity index (χ3v) is 3.61. The SMILES string of the molecule is CCC(C(=O)O)N(C)C(=O)N1CCCC(C)(C)C1. The predicted molar refractivity (Wildman–Crippen MR) is 69.5 cm³/mol. The number of urea groups is 1. The maximum atomic E-state index is 12.3. The average Bonchev–Trinajstić information content (AvgIpc) is 2.26. The number of nitrogens with zero attached hydrogens (tertiary/aromatic N) is 2. The lowest BCUT2D eigenvalue weighted by atomic mass is 9.84. The van der Waals surface area contributed by atoms with Gasteiger partial charge in [0.05, 0.1) is 0 Å². The lowest BCUT2D eigenvalue weighted by Crippen LogP contribution is -2.52. The van der Waals surface area contributed by atoms with E-state index in [2.05, 4.69) is 13.8 Å². The van der Waals surface area contributed by atoms with E-state index in [1.807, 2.05) is 0 Å². The van der Waals surface area contributed by atoms with Crippen LogP contribution in [0.4, 0.5) is 4.79 Å². The molecule has 1 fully saturated rings. The smallest absolute Gasteiger partial charge is 0.326 e. The van der Waals surface area contributed by atoms with Crippen LogP contribution >= 0.6 is 0 Å². The van der Waals surface area contributed by atoms with Gasteiger partial charge < -0.3 is 14.9 Å². The van der Waals surface area contributed by atoms with Crippen LogP contribution in [0.3, 0.4) is 0 Å². The van der Waals surface area contributed by atoms with Crippen molar-refractivity contribution in [2.24, 2.45) is 5.41 Å². The summed E-state index contributed by atoms with van der Waals surface area (Å²) in [7, 11) is 1.58. The van der Waals surface area contributed by atoms with Crippen LogP contribution in [0.2, 0.25) is 0 Å². The highest BCUT2D eigenvalue weighted by Gasteiger charge is 2.33. The monoisotopic (exact) mass is 256 g/mol. The van der Waals surface area contributed by atoms with Crippen molar-refractivity contribution in [2.75, 3.05) is 20.1 Å². The first kappa shape index (κ1) is 14.8. The van der Waals surface area contributed by atoms with Gasteiger partial charge in [0.15, 0.2) is 0 Å². The Morgan fingerprint density at radius 1 is 1.44 bits per heavy atom. The van der Waals surface area contributed by atoms with E-state index in [1.165, 1.54) is 4.90 Å². The van der Waals surface area contributed by atoms with Crippen LogP contribution in [-0.4, -0.2) is 53.1 Å². The number of rotatable bonds is 3. The second-order valence-corrected chi connectivity index (χ2v) is 5.85. The van der Waals surface area contributed by atoms with Crippen molar-refractivity contribution in [3.05, 3.63) is 0 Å². The van der Waals surface area contributed by atoms with Crippen LogP contribution in [0.25, 0.3) is 0 Å². The fourth-order valence-corrected chi connectivity index (χ4v) is 2.56. The summed E-state index contributed by atoms with van der Waals surface area (Å²) in [6, 6.07) is -0.903. The van der Waals surface area contributed by atoms with Gasteiger partial charge in [-0.3, -0.25) is 0 Å². The number of carboxylic acid groups (broad SMARTS) is 1. The van der Waals surface area contributed by atoms with Crippen LogP contribution < -0.4 is 0 Å². The first-order valence-electron chi connectivity index (χ1n) is 6.53. The molecule has 0 aliphatic carbocycles. The van der Waals surface area contributed by atoms with Crippen molar-refractivity contribution in [1.29, 1.82) is 0 Å². The molecule has 18 heavy (non-hydrogen) atoms. The molecule has 0 aromatic heterocycles. The minimum Gasteiger partial charge on any atom is -0.480 e. The van der Waals surface area contributed by atoms with Gasteiger partial charge in [-0.25, -0.2) is 9.59 Å². The van der Waals surface area contributed by atoms with Gasteiger partial charge in [-0.1, -0.05) is 20.8 Å². The van der Waals surface area contributed by atoms with E-state index >= 15 is 0 Å². The summed E-state index contributed by atoms with van der Waals surface area (Å²) in [6.07, 6.45) is 2.52. The summed E-state index contributed by atoms with van der Waals surface area (Å²) in [5.74, 6) is -0.940. The van der Waals surface area contributed by atoms with Crippen LogP contribution in [0, 0.1) is 5.41 Å². The van der Waals surface area contributed by atoms with Crippen molar-refractivity contribution in [3.8, 4) is 0 Å². The van der Waals surface area contributed by atoms with Crippen molar-refractivity contribution < 1.29 is 14.7 Å². The molecule has 5 heteroatoms. The fourth-order valence-electron chi connectivity index (χ4n) is 2.56. The molecule has 1 saturated heterocycles. The number of likely N-dealkylation sites (N-methyl/N-ethyl adjacent to an activating group) is 1. The summed E-state index contributed by atoms with van der Waals surface area (Å²) in [4.78, 5) is 26.5. The standard InChI is InChI=1S/C13H24N2O3/c1-5-10(11(16)17)14(4)12(18)15-8-6-7-13(2,3)9-15/h10H,5-9H2,1-4H3,(H,16,17). The second kappa shape index (κ2) is 5.59. The Morgan fingerprint density at radius 3 is 2.50 bits per heavy atom. The summed E-state index contributed by atoms with van der Waals surface area (Å²) in [5.41, 5.74) is 0.125. The van der Waals surface area contributed by atoms with E-state index < -0.39 is 12.0 Å². The zero-order valence-corrected chi connectivity index (χ0v) is 11.8. The van der Waals surface area contributed by atoms with Gasteiger partial charge in [0.2, 0.25) is 0 Å². The van der Waals surface area contributed by atoms with E-state index in [0.29, 0.717) is 13.0 Å². The molecule has 0 aromatic carbocycles. The van der Waals surface area contributed by atoms with Gasteiger partial charge >= 0.3 is 12.0 Å². The molecular formula is C13H24N2O3. The Bertz CT molecular complexity index is 328. The molecule has 104 valence electrons. The van der Waals surface area contributed by atoms with Crippen molar-refractivity contribution >= 4 is 12.0 Å². The Labute approximate surface area is 109 Å². The average molecular weight is 256 g/mol. The highest BCUT2D eigenvalue weighted by Crippen LogP contribution is 2.29. The maximum absolute atomic E-state index is 12.3. The molecule has 0 bridgehead atoms. The Hall–Kier alpha value is -1.26. The van der Waals surface area contributed by atoms with Crippen LogP contribution in [0.1, 0.15) is 40.0 Å².